The molecule has 0 unspecified atom stereocenters. The van der Waals surface area contributed by atoms with Crippen LogP contribution in [0.3, 0.4) is 0 Å². The molecule has 1 nitrogen and oxygen atoms in total. The number of anilines is 3. The predicted molar refractivity (Wildman–Crippen MR) is 220 cm³/mol. The molecule has 0 saturated heterocycles. The van der Waals surface area contributed by atoms with Gasteiger partial charge in [0.15, 0.2) is 0 Å². The summed E-state index contributed by atoms with van der Waals surface area (Å²) in [7, 11) is 0. The highest BCUT2D eigenvalue weighted by Gasteiger charge is 2.36. The third-order valence-corrected chi connectivity index (χ3v) is 10.7. The quantitative estimate of drug-likeness (QED) is 0.164. The summed E-state index contributed by atoms with van der Waals surface area (Å²) in [5.74, 6) is 0. The lowest BCUT2D eigenvalue weighted by Crippen LogP contribution is -2.17. The van der Waals surface area contributed by atoms with Crippen molar-refractivity contribution in [1.82, 2.24) is 0 Å². The second-order valence-electron chi connectivity index (χ2n) is 14.2. The second kappa shape index (κ2) is 13.0. The first-order valence-corrected chi connectivity index (χ1v) is 18.1. The van der Waals surface area contributed by atoms with Gasteiger partial charge in [0.25, 0.3) is 0 Å². The van der Waals surface area contributed by atoms with Crippen LogP contribution in [0.25, 0.3) is 55.6 Å². The van der Waals surface area contributed by atoms with Crippen molar-refractivity contribution in [2.75, 3.05) is 4.90 Å². The molecule has 0 saturated carbocycles. The average molecular weight is 666 g/mol. The Labute approximate surface area is 307 Å². The molecule has 0 bridgehead atoms. The van der Waals surface area contributed by atoms with Crippen LogP contribution in [0.1, 0.15) is 25.0 Å². The van der Waals surface area contributed by atoms with Crippen molar-refractivity contribution >= 4 is 17.1 Å². The summed E-state index contributed by atoms with van der Waals surface area (Å²) < 4.78 is 0. The van der Waals surface area contributed by atoms with E-state index in [0.29, 0.717) is 0 Å². The molecular weight excluding hydrogens is 627 g/mol. The fourth-order valence-corrected chi connectivity index (χ4v) is 8.02. The Morgan fingerprint density at radius 2 is 0.731 bits per heavy atom. The van der Waals surface area contributed by atoms with Crippen LogP contribution in [-0.4, -0.2) is 0 Å². The lowest BCUT2D eigenvalue weighted by Gasteiger charge is -2.32. The molecule has 0 spiro atoms. The first-order valence-electron chi connectivity index (χ1n) is 18.1. The van der Waals surface area contributed by atoms with E-state index in [1.54, 1.807) is 0 Å². The van der Waals surface area contributed by atoms with Gasteiger partial charge in [-0.15, -0.1) is 0 Å². The van der Waals surface area contributed by atoms with Gasteiger partial charge in [0.1, 0.15) is 0 Å². The van der Waals surface area contributed by atoms with E-state index < -0.39 is 0 Å². The van der Waals surface area contributed by atoms with Crippen molar-refractivity contribution in [3.63, 3.8) is 0 Å². The van der Waals surface area contributed by atoms with Crippen LogP contribution in [0.15, 0.2) is 200 Å². The minimum Gasteiger partial charge on any atom is -0.309 e. The Kier molecular flexibility index (Phi) is 7.90. The van der Waals surface area contributed by atoms with Crippen molar-refractivity contribution in [3.8, 4) is 55.6 Å². The highest BCUT2D eigenvalue weighted by atomic mass is 15.1. The van der Waals surface area contributed by atoms with Gasteiger partial charge in [0.05, 0.1) is 5.69 Å². The van der Waals surface area contributed by atoms with Gasteiger partial charge in [-0.1, -0.05) is 178 Å². The Bertz CT molecular complexity index is 2440. The van der Waals surface area contributed by atoms with Crippen LogP contribution in [0.5, 0.6) is 0 Å². The van der Waals surface area contributed by atoms with Gasteiger partial charge < -0.3 is 4.90 Å². The number of nitrogens with zero attached hydrogens (tertiary/aromatic N) is 1. The van der Waals surface area contributed by atoms with E-state index in [-0.39, 0.29) is 5.41 Å². The highest BCUT2D eigenvalue weighted by molar-refractivity contribution is 6.00. The maximum atomic E-state index is 2.49. The predicted octanol–water partition coefficient (Wildman–Crippen LogP) is 14.1. The molecule has 0 aromatic heterocycles. The summed E-state index contributed by atoms with van der Waals surface area (Å²) in [4.78, 5) is 2.49. The minimum atomic E-state index is -0.132. The molecule has 9 rings (SSSR count). The van der Waals surface area contributed by atoms with Crippen LogP contribution in [0, 0.1) is 0 Å². The lowest BCUT2D eigenvalue weighted by atomic mass is 9.82. The summed E-state index contributed by atoms with van der Waals surface area (Å²) >= 11 is 0. The fourth-order valence-electron chi connectivity index (χ4n) is 8.02. The first-order chi connectivity index (χ1) is 25.6. The third kappa shape index (κ3) is 5.52. The molecule has 1 aliphatic carbocycles. The van der Waals surface area contributed by atoms with Crippen molar-refractivity contribution < 1.29 is 0 Å². The van der Waals surface area contributed by atoms with Gasteiger partial charge in [-0.2, -0.15) is 0 Å². The van der Waals surface area contributed by atoms with Gasteiger partial charge in [-0.25, -0.2) is 0 Å². The van der Waals surface area contributed by atoms with E-state index >= 15 is 0 Å². The number of rotatable bonds is 7. The second-order valence-corrected chi connectivity index (χ2v) is 14.2. The van der Waals surface area contributed by atoms with E-state index in [2.05, 4.69) is 219 Å². The van der Waals surface area contributed by atoms with E-state index in [1.807, 2.05) is 0 Å². The zero-order valence-corrected chi connectivity index (χ0v) is 29.5. The summed E-state index contributed by atoms with van der Waals surface area (Å²) in [6.45, 7) is 4.72. The maximum Gasteiger partial charge on any atom is 0.0618 e. The molecule has 0 heterocycles. The molecule has 0 atom stereocenters. The summed E-state index contributed by atoms with van der Waals surface area (Å²) in [5.41, 5.74) is 18.1. The molecule has 0 radical (unpaired) electrons. The highest BCUT2D eigenvalue weighted by Crippen LogP contribution is 2.53. The molecule has 248 valence electrons. The van der Waals surface area contributed by atoms with Gasteiger partial charge in [-0.3, -0.25) is 0 Å². The van der Waals surface area contributed by atoms with Crippen molar-refractivity contribution in [1.29, 1.82) is 0 Å². The van der Waals surface area contributed by atoms with E-state index in [0.717, 1.165) is 17.1 Å². The smallest absolute Gasteiger partial charge is 0.0618 e. The molecule has 8 aromatic carbocycles. The van der Waals surface area contributed by atoms with E-state index in [9.17, 15) is 0 Å². The zero-order chi connectivity index (χ0) is 35.1. The normalized spacial score (nSPS) is 12.6. The Morgan fingerprint density at radius 1 is 0.308 bits per heavy atom. The number of benzene rings is 8. The Morgan fingerprint density at radius 3 is 1.29 bits per heavy atom. The van der Waals surface area contributed by atoms with E-state index in [1.165, 1.54) is 66.8 Å². The standard InChI is InChI=1S/C51H39N/c1-51(2)48-26-16-15-25-44(48)45-32-31-43(35-49(45)51)52(42-29-27-38(28-30-42)36-17-7-3-8-18-36)50-46(39-21-11-5-12-22-39)33-41(37-19-9-4-10-20-37)34-47(50)40-23-13-6-14-24-40/h3-35H,1-2H3. The van der Waals surface area contributed by atoms with Gasteiger partial charge in [0.2, 0.25) is 0 Å². The minimum absolute atomic E-state index is 0.132. The van der Waals surface area contributed by atoms with Gasteiger partial charge in [0, 0.05) is 27.9 Å². The number of hydrogen-bond acceptors (Lipinski definition) is 1. The first kappa shape index (κ1) is 31.5. The summed E-state index contributed by atoms with van der Waals surface area (Å²) in [5, 5.41) is 0. The van der Waals surface area contributed by atoms with Crippen molar-refractivity contribution in [3.05, 3.63) is 211 Å². The van der Waals surface area contributed by atoms with Crippen LogP contribution >= 0.6 is 0 Å². The third-order valence-electron chi connectivity index (χ3n) is 10.7. The molecule has 0 N–H and O–H groups in total. The SMILES string of the molecule is CC1(C)c2ccccc2-c2ccc(N(c3ccc(-c4ccccc4)cc3)c3c(-c4ccccc4)cc(-c4ccccc4)cc3-c3ccccc3)cc21. The summed E-state index contributed by atoms with van der Waals surface area (Å²) in [6, 6.07) is 72.9. The molecule has 1 heteroatoms. The van der Waals surface area contributed by atoms with Crippen LogP contribution in [0.4, 0.5) is 17.1 Å². The Balaban J connectivity index is 1.35. The van der Waals surface area contributed by atoms with Gasteiger partial charge in [-0.05, 0) is 92.0 Å². The van der Waals surface area contributed by atoms with Crippen LogP contribution in [0.2, 0.25) is 0 Å². The molecule has 0 aliphatic heterocycles. The zero-order valence-electron chi connectivity index (χ0n) is 29.5. The van der Waals surface area contributed by atoms with E-state index in [4.69, 9.17) is 0 Å². The largest absolute Gasteiger partial charge is 0.309 e. The van der Waals surface area contributed by atoms with Crippen LogP contribution in [-0.2, 0) is 5.41 Å². The fraction of sp³-hybridized carbons (Fsp3) is 0.0588. The Hall–Kier alpha value is -6.44. The van der Waals surface area contributed by atoms with Crippen molar-refractivity contribution in [2.24, 2.45) is 0 Å². The van der Waals surface area contributed by atoms with Crippen LogP contribution < -0.4 is 4.90 Å². The summed E-state index contributed by atoms with van der Waals surface area (Å²) in [6.07, 6.45) is 0. The topological polar surface area (TPSA) is 3.24 Å². The molecule has 0 fully saturated rings. The molecular formula is C51H39N. The molecule has 1 aliphatic rings. The number of fused-ring (bicyclic) bond motifs is 3. The molecule has 8 aromatic rings. The monoisotopic (exact) mass is 665 g/mol. The van der Waals surface area contributed by atoms with Gasteiger partial charge >= 0.3 is 0 Å². The van der Waals surface area contributed by atoms with Crippen molar-refractivity contribution in [2.45, 2.75) is 19.3 Å². The maximum absolute atomic E-state index is 2.49. The number of hydrogen-bond donors (Lipinski definition) is 0. The molecule has 0 amide bonds. The average Bonchev–Trinajstić information content (AvgIpc) is 3.45. The lowest BCUT2D eigenvalue weighted by molar-refractivity contribution is 0.660. The molecule has 52 heavy (non-hydrogen) atoms.